The van der Waals surface area contributed by atoms with Gasteiger partial charge >= 0.3 is 0 Å². The molecule has 27 nitrogen and oxygen atoms in total. The van der Waals surface area contributed by atoms with E-state index in [2.05, 4.69) is 102 Å². The molecule has 0 aliphatic rings. The molecule has 0 aliphatic heterocycles. The molecule has 4 unspecified atom stereocenters. The van der Waals surface area contributed by atoms with Gasteiger partial charge in [0.15, 0.2) is 6.26 Å². The lowest BCUT2D eigenvalue weighted by molar-refractivity contribution is -0.891. The van der Waals surface area contributed by atoms with Crippen molar-refractivity contribution < 1.29 is 134 Å². The molecule has 0 saturated heterocycles. The van der Waals surface area contributed by atoms with Gasteiger partial charge in [0.2, 0.25) is 0 Å². The first kappa shape index (κ1) is 47.3. The van der Waals surface area contributed by atoms with Gasteiger partial charge in [0.25, 0.3) is 0 Å². The van der Waals surface area contributed by atoms with Crippen LogP contribution in [0.15, 0.2) is 12.5 Å². The van der Waals surface area contributed by atoms with Crippen LogP contribution in [-0.2, 0) is 129 Å². The van der Waals surface area contributed by atoms with Crippen molar-refractivity contribution in [3.63, 3.8) is 0 Å². The fourth-order valence-electron chi connectivity index (χ4n) is 2.34. The Hall–Kier alpha value is -1.66. The molecule has 0 amide bonds. The summed E-state index contributed by atoms with van der Waals surface area (Å²) in [5, 5.41) is 70.8. The molecule has 0 aromatic heterocycles. The zero-order valence-corrected chi connectivity index (χ0v) is 27.3. The zero-order valence-electron chi connectivity index (χ0n) is 27.3. The maximum Gasteiger partial charge on any atom is 0.167 e. The van der Waals surface area contributed by atoms with Crippen molar-refractivity contribution in [1.29, 1.82) is 0 Å². The summed E-state index contributed by atoms with van der Waals surface area (Å²) in [4.78, 5) is 8.44. The van der Waals surface area contributed by atoms with E-state index in [1.807, 2.05) is 27.7 Å². The molecule has 0 aliphatic carbocycles. The topological polar surface area (TPSA) is 260 Å². The Labute approximate surface area is 278 Å². The van der Waals surface area contributed by atoms with Crippen molar-refractivity contribution in [2.24, 2.45) is 0 Å². The lowest BCUT2D eigenvalue weighted by Crippen LogP contribution is -2.28. The molecule has 27 heteroatoms. The molecule has 0 rings (SSSR count). The fourth-order valence-corrected chi connectivity index (χ4v) is 2.34. The van der Waals surface area contributed by atoms with Crippen LogP contribution in [0.4, 0.5) is 0 Å². The molecule has 0 saturated carbocycles. The van der Waals surface area contributed by atoms with Gasteiger partial charge in [-0.3, -0.25) is 0 Å². The first-order valence-electron chi connectivity index (χ1n) is 14.1. The second-order valence-electron chi connectivity index (χ2n) is 8.48. The Morgan fingerprint density at radius 2 is 0.837 bits per heavy atom. The van der Waals surface area contributed by atoms with Crippen molar-refractivity contribution in [3.05, 3.63) is 12.5 Å². The molecule has 49 heavy (non-hydrogen) atoms. The monoisotopic (exact) mass is 740 g/mol. The van der Waals surface area contributed by atoms with Crippen LogP contribution in [0.2, 0.25) is 0 Å². The van der Waals surface area contributed by atoms with E-state index in [0.717, 1.165) is 13.0 Å². The van der Waals surface area contributed by atoms with Crippen LogP contribution in [0.25, 0.3) is 0 Å². The minimum atomic E-state index is -0.151. The largest absolute Gasteiger partial charge is 0.512 e. The second-order valence-corrected chi connectivity index (χ2v) is 8.48. The van der Waals surface area contributed by atoms with E-state index in [-0.39, 0.29) is 57.6 Å². The highest BCUT2D eigenvalue weighted by molar-refractivity contribution is 4.56. The highest BCUT2D eigenvalue weighted by Crippen LogP contribution is 2.03. The molecule has 0 bridgehead atoms. The molecule has 4 atom stereocenters. The first-order valence-corrected chi connectivity index (χ1v) is 14.1. The highest BCUT2D eigenvalue weighted by atomic mass is 18.0. The molecule has 0 radical (unpaired) electrons. The number of hydrogen-bond acceptors (Lipinski definition) is 27. The standard InChI is InChI=1S/C22H44O27/c1-6-8-27-20(3)15-29-22(5)17-30-21(4)16-28-19(2)14-26-18-25-11-10-24-12-13-32-34-36-38-40-42-44-46-48-49-47-45-43-41-39-37-35-33-31-9-7-23/h7,9,19-23H,6,8,10-18H2,1-5H3/b9-7-. The molecular weight excluding hydrogens is 696 g/mol. The normalized spacial score (nSPS) is 14.4. The van der Waals surface area contributed by atoms with Gasteiger partial charge in [-0.25, -0.2) is 4.89 Å². The predicted molar refractivity (Wildman–Crippen MR) is 137 cm³/mol. The van der Waals surface area contributed by atoms with E-state index in [0.29, 0.717) is 39.0 Å². The number of aliphatic hydroxyl groups excluding tert-OH is 1. The summed E-state index contributed by atoms with van der Waals surface area (Å²) in [5.74, 6) is 0. The summed E-state index contributed by atoms with van der Waals surface area (Å²) in [6.45, 7) is 12.9. The average molecular weight is 741 g/mol. The molecule has 0 heterocycles. The highest BCUT2D eigenvalue weighted by Gasteiger charge is 2.12. The van der Waals surface area contributed by atoms with Crippen LogP contribution in [0, 0.1) is 0 Å². The van der Waals surface area contributed by atoms with E-state index in [4.69, 9.17) is 38.3 Å². The number of ether oxygens (including phenoxy) is 7. The van der Waals surface area contributed by atoms with Gasteiger partial charge in [0.05, 0.1) is 70.7 Å². The Morgan fingerprint density at radius 3 is 1.33 bits per heavy atom. The SMILES string of the molecule is CCCOC(C)COC(C)COC(C)COC(C)COCOCCOCCOOOOOOOOOOOOOOOOOOO/C=C\O. The van der Waals surface area contributed by atoms with Gasteiger partial charge in [-0.1, -0.05) is 6.92 Å². The first-order chi connectivity index (χ1) is 24.0. The summed E-state index contributed by atoms with van der Waals surface area (Å²) in [5.41, 5.74) is 0. The number of hydrogen-bond donors (Lipinski definition) is 1. The molecule has 294 valence electrons. The van der Waals surface area contributed by atoms with Crippen LogP contribution in [0.3, 0.4) is 0 Å². The van der Waals surface area contributed by atoms with E-state index in [1.54, 1.807) is 0 Å². The lowest BCUT2D eigenvalue weighted by Gasteiger charge is -2.21. The molecule has 0 aromatic carbocycles. The van der Waals surface area contributed by atoms with Crippen LogP contribution in [0.1, 0.15) is 41.0 Å². The van der Waals surface area contributed by atoms with Crippen LogP contribution < -0.4 is 0 Å². The average Bonchev–Trinajstić information content (AvgIpc) is 3.10. The van der Waals surface area contributed by atoms with Crippen molar-refractivity contribution in [3.8, 4) is 0 Å². The van der Waals surface area contributed by atoms with E-state index < -0.39 is 0 Å². The van der Waals surface area contributed by atoms with Crippen LogP contribution >= 0.6 is 0 Å². The number of rotatable bonds is 41. The minimum Gasteiger partial charge on any atom is -0.512 e. The number of aliphatic hydroxyl groups is 1. The summed E-state index contributed by atoms with van der Waals surface area (Å²) < 4.78 is 38.8. The van der Waals surface area contributed by atoms with Gasteiger partial charge in [-0.2, -0.15) is 0 Å². The van der Waals surface area contributed by atoms with E-state index >= 15 is 0 Å². The zero-order chi connectivity index (χ0) is 35.9. The third-order valence-electron chi connectivity index (χ3n) is 4.30. The van der Waals surface area contributed by atoms with E-state index in [1.165, 1.54) is 0 Å². The van der Waals surface area contributed by atoms with Crippen molar-refractivity contribution in [2.45, 2.75) is 65.5 Å². The molecule has 1 N–H and O–H groups in total. The van der Waals surface area contributed by atoms with Gasteiger partial charge in [-0.05, 0) is 74.4 Å². The Bertz CT molecular complexity index is 666. The summed E-state index contributed by atoms with van der Waals surface area (Å²) in [7, 11) is 0. The Morgan fingerprint density at radius 1 is 0.429 bits per heavy atom. The maximum atomic E-state index is 8.14. The minimum absolute atomic E-state index is 0.0496. The van der Waals surface area contributed by atoms with Gasteiger partial charge < -0.3 is 43.2 Å². The van der Waals surface area contributed by atoms with Gasteiger partial charge in [-0.15, -0.1) is 0 Å². The van der Waals surface area contributed by atoms with Gasteiger partial charge in [0.1, 0.15) is 19.7 Å². The summed E-state index contributed by atoms with van der Waals surface area (Å²) in [6, 6.07) is 0. The summed E-state index contributed by atoms with van der Waals surface area (Å²) in [6.07, 6.45) is 1.86. The molecule has 0 spiro atoms. The van der Waals surface area contributed by atoms with Crippen molar-refractivity contribution in [2.75, 3.05) is 66.3 Å². The molecule has 0 fully saturated rings. The lowest BCUT2D eigenvalue weighted by atomic mass is 10.3. The third kappa shape index (κ3) is 39.0. The maximum absolute atomic E-state index is 8.14. The molecule has 0 aromatic rings. The van der Waals surface area contributed by atoms with Crippen molar-refractivity contribution in [1.82, 2.24) is 0 Å². The fraction of sp³-hybridized carbons (Fsp3) is 0.909. The van der Waals surface area contributed by atoms with Crippen LogP contribution in [0.5, 0.6) is 0 Å². The smallest absolute Gasteiger partial charge is 0.167 e. The second kappa shape index (κ2) is 39.1. The third-order valence-corrected chi connectivity index (χ3v) is 4.30. The quantitative estimate of drug-likeness (QED) is 0.0308. The van der Waals surface area contributed by atoms with Crippen molar-refractivity contribution >= 4 is 0 Å². The Balaban J connectivity index is 3.28. The molecular formula is C22H44O27. The summed E-state index contributed by atoms with van der Waals surface area (Å²) >= 11 is 0. The predicted octanol–water partition coefficient (Wildman–Crippen LogP) is 1.84. The van der Waals surface area contributed by atoms with Crippen LogP contribution in [-0.4, -0.2) is 95.8 Å². The van der Waals surface area contributed by atoms with E-state index in [9.17, 15) is 0 Å². The van der Waals surface area contributed by atoms with Gasteiger partial charge in [0, 0.05) is 52.0 Å². The Kier molecular flexibility index (Phi) is 37.8.